The predicted molar refractivity (Wildman–Crippen MR) is 149 cm³/mol. The van der Waals surface area contributed by atoms with E-state index >= 15 is 8.78 Å². The molecule has 14 heteroatoms. The van der Waals surface area contributed by atoms with Gasteiger partial charge in [0.2, 0.25) is 5.91 Å². The van der Waals surface area contributed by atoms with Gasteiger partial charge in [0.05, 0.1) is 45.2 Å². The Balaban J connectivity index is 1.39. The minimum absolute atomic E-state index is 0.0276. The van der Waals surface area contributed by atoms with Gasteiger partial charge in [-0.1, -0.05) is 0 Å². The van der Waals surface area contributed by atoms with Gasteiger partial charge in [0, 0.05) is 54.1 Å². The van der Waals surface area contributed by atoms with E-state index in [1.165, 1.54) is 31.3 Å². The second-order valence-electron chi connectivity index (χ2n) is 9.61. The minimum atomic E-state index is -1.10. The van der Waals surface area contributed by atoms with Gasteiger partial charge in [-0.15, -0.1) is 11.3 Å². The first-order chi connectivity index (χ1) is 20.5. The van der Waals surface area contributed by atoms with Crippen LogP contribution in [0.25, 0.3) is 10.1 Å². The number of benzene rings is 2. The Hall–Kier alpha value is -4.46. The second kappa shape index (κ2) is 13.7. The third-order valence-corrected chi connectivity index (χ3v) is 7.86. The molecule has 0 radical (unpaired) electrons. The molecular weight excluding hydrogens is 592 g/mol. The number of methoxy groups -OCH3 is 2. The number of Topliss-reactive ketones (excluding diaryl/α,β-unsaturated/α-hetero) is 1. The van der Waals surface area contributed by atoms with Crippen LogP contribution in [0.3, 0.4) is 0 Å². The quantitative estimate of drug-likeness (QED) is 0.179. The molecule has 1 aliphatic heterocycles. The maximum atomic E-state index is 15.4. The van der Waals surface area contributed by atoms with Crippen molar-refractivity contribution in [1.82, 2.24) is 4.90 Å². The summed E-state index contributed by atoms with van der Waals surface area (Å²) in [6.45, 7) is 0.0311. The van der Waals surface area contributed by atoms with Crippen LogP contribution in [-0.4, -0.2) is 66.2 Å². The zero-order valence-corrected chi connectivity index (χ0v) is 24.2. The monoisotopic (exact) mass is 621 g/mol. The fraction of sp³-hybridized carbons (Fsp3) is 0.379. The summed E-state index contributed by atoms with van der Waals surface area (Å²) in [6, 6.07) is 4.47. The number of amides is 1. The average Bonchev–Trinajstić information content (AvgIpc) is 3.61. The van der Waals surface area contributed by atoms with Crippen LogP contribution in [-0.2, 0) is 27.5 Å². The largest absolute Gasteiger partial charge is 0.493 e. The maximum Gasteiger partial charge on any atom is 0.303 e. The highest BCUT2D eigenvalue weighted by Gasteiger charge is 2.30. The fourth-order valence-electron chi connectivity index (χ4n) is 4.57. The molecule has 0 unspecified atom stereocenters. The number of carboxylic acids is 2. The summed E-state index contributed by atoms with van der Waals surface area (Å²) in [7, 11) is 2.69. The number of carboxylic acid groups (broad SMARTS) is 2. The van der Waals surface area contributed by atoms with Gasteiger partial charge in [0.25, 0.3) is 0 Å². The normalized spacial score (nSPS) is 12.2. The number of ether oxygens (including phenoxy) is 4. The van der Waals surface area contributed by atoms with Crippen LogP contribution >= 0.6 is 11.3 Å². The smallest absolute Gasteiger partial charge is 0.303 e. The van der Waals surface area contributed by atoms with E-state index in [2.05, 4.69) is 0 Å². The molecule has 2 heterocycles. The number of carbonyl (C=O) groups excluding carboxylic acids is 2. The van der Waals surface area contributed by atoms with Crippen LogP contribution in [0.1, 0.15) is 52.9 Å². The number of aliphatic carboxylic acids is 2. The van der Waals surface area contributed by atoms with E-state index in [1.54, 1.807) is 6.07 Å². The van der Waals surface area contributed by atoms with E-state index in [-0.39, 0.29) is 97.2 Å². The van der Waals surface area contributed by atoms with Gasteiger partial charge in [-0.3, -0.25) is 19.2 Å². The Morgan fingerprint density at radius 1 is 0.837 bits per heavy atom. The van der Waals surface area contributed by atoms with Gasteiger partial charge < -0.3 is 34.1 Å². The Labute approximate surface area is 248 Å². The van der Waals surface area contributed by atoms with Gasteiger partial charge in [-0.05, 0) is 17.7 Å². The third-order valence-electron chi connectivity index (χ3n) is 6.74. The van der Waals surface area contributed by atoms with Crippen LogP contribution in [0.5, 0.6) is 23.0 Å². The SMILES string of the molecule is COc1cc2c(c(F)c1OCCCOc1c(OC)cc3sc(C(=O)CCC(=O)O)cc3c1F)CN(C(=O)CCC(=O)O)C2. The van der Waals surface area contributed by atoms with Gasteiger partial charge in [0.15, 0.2) is 40.4 Å². The molecule has 1 aromatic heterocycles. The van der Waals surface area contributed by atoms with Gasteiger partial charge in [-0.25, -0.2) is 8.78 Å². The number of nitrogens with zero attached hydrogens (tertiary/aromatic N) is 1. The lowest BCUT2D eigenvalue weighted by atomic mass is 10.1. The first-order valence-corrected chi connectivity index (χ1v) is 14.0. The van der Waals surface area contributed by atoms with Gasteiger partial charge in [-0.2, -0.15) is 0 Å². The van der Waals surface area contributed by atoms with E-state index in [0.717, 1.165) is 11.3 Å². The van der Waals surface area contributed by atoms with Crippen LogP contribution in [0.2, 0.25) is 0 Å². The number of halogens is 2. The summed E-state index contributed by atoms with van der Waals surface area (Å²) in [5, 5.41) is 17.8. The molecule has 0 saturated heterocycles. The summed E-state index contributed by atoms with van der Waals surface area (Å²) >= 11 is 1.03. The van der Waals surface area contributed by atoms with Crippen molar-refractivity contribution in [3.8, 4) is 23.0 Å². The molecule has 230 valence electrons. The number of thiophene rings is 1. The van der Waals surface area contributed by atoms with Gasteiger partial charge in [0.1, 0.15) is 0 Å². The molecule has 0 aliphatic carbocycles. The zero-order chi connectivity index (χ0) is 31.3. The third kappa shape index (κ3) is 7.13. The summed E-state index contributed by atoms with van der Waals surface area (Å²) in [5.74, 6) is -4.53. The Bertz CT molecular complexity index is 1570. The first-order valence-electron chi connectivity index (χ1n) is 13.2. The van der Waals surface area contributed by atoms with Crippen molar-refractivity contribution in [1.29, 1.82) is 0 Å². The highest BCUT2D eigenvalue weighted by Crippen LogP contribution is 2.41. The lowest BCUT2D eigenvalue weighted by Crippen LogP contribution is -2.25. The molecule has 2 aromatic carbocycles. The Morgan fingerprint density at radius 2 is 1.44 bits per heavy atom. The van der Waals surface area contributed by atoms with Crippen molar-refractivity contribution < 1.29 is 57.1 Å². The molecule has 2 N–H and O–H groups in total. The van der Waals surface area contributed by atoms with Crippen molar-refractivity contribution in [2.45, 2.75) is 45.2 Å². The average molecular weight is 622 g/mol. The molecule has 11 nitrogen and oxygen atoms in total. The molecule has 3 aromatic rings. The molecule has 0 spiro atoms. The van der Waals surface area contributed by atoms with Crippen LogP contribution < -0.4 is 18.9 Å². The molecule has 0 atom stereocenters. The molecule has 0 bridgehead atoms. The Morgan fingerprint density at radius 3 is 2.07 bits per heavy atom. The van der Waals surface area contributed by atoms with Crippen LogP contribution in [0.15, 0.2) is 18.2 Å². The zero-order valence-electron chi connectivity index (χ0n) is 23.4. The number of rotatable bonds is 15. The minimum Gasteiger partial charge on any atom is -0.493 e. The number of ketones is 1. The Kier molecular flexibility index (Phi) is 10.0. The van der Waals surface area contributed by atoms with Crippen molar-refractivity contribution in [2.24, 2.45) is 0 Å². The van der Waals surface area contributed by atoms with E-state index in [4.69, 9.17) is 29.2 Å². The number of hydrogen-bond acceptors (Lipinski definition) is 9. The van der Waals surface area contributed by atoms with E-state index < -0.39 is 35.3 Å². The maximum absolute atomic E-state index is 15.4. The van der Waals surface area contributed by atoms with E-state index in [9.17, 15) is 19.2 Å². The summed E-state index contributed by atoms with van der Waals surface area (Å²) < 4.78 is 53.1. The van der Waals surface area contributed by atoms with Crippen LogP contribution in [0.4, 0.5) is 8.78 Å². The summed E-state index contributed by atoms with van der Waals surface area (Å²) in [5.41, 5.74) is 0.791. The van der Waals surface area contributed by atoms with Crippen molar-refractivity contribution in [3.63, 3.8) is 0 Å². The standard InChI is InChI=1S/C29H29F2NO10S/c1-39-19-10-15-13-32(23(34)5-7-25(37)38)14-17(15)27(31)28(19)41-8-3-9-42-29-20(40-2)12-21-16(26(29)30)11-22(43-21)18(33)4-6-24(35)36/h10-12H,3-9,13-14H2,1-2H3,(H,35,36)(H,37,38). The number of fused-ring (bicyclic) bond motifs is 2. The first kappa shape index (κ1) is 31.5. The molecule has 0 saturated carbocycles. The van der Waals surface area contributed by atoms with Crippen molar-refractivity contribution >= 4 is 45.1 Å². The van der Waals surface area contributed by atoms with Crippen molar-refractivity contribution in [2.75, 3.05) is 27.4 Å². The lowest BCUT2D eigenvalue weighted by Gasteiger charge is -2.15. The topological polar surface area (TPSA) is 149 Å². The highest BCUT2D eigenvalue weighted by molar-refractivity contribution is 7.20. The van der Waals surface area contributed by atoms with E-state index in [0.29, 0.717) is 10.3 Å². The molecule has 1 amide bonds. The summed E-state index contributed by atoms with van der Waals surface area (Å²) in [4.78, 5) is 47.8. The molecule has 0 fully saturated rings. The van der Waals surface area contributed by atoms with Crippen molar-refractivity contribution in [3.05, 3.63) is 45.8 Å². The fourth-order valence-corrected chi connectivity index (χ4v) is 5.62. The van der Waals surface area contributed by atoms with E-state index in [1.807, 2.05) is 0 Å². The molecule has 4 rings (SSSR count). The summed E-state index contributed by atoms with van der Waals surface area (Å²) in [6.07, 6.45) is -0.836. The number of carbonyl (C=O) groups is 4. The van der Waals surface area contributed by atoms with Gasteiger partial charge >= 0.3 is 11.9 Å². The van der Waals surface area contributed by atoms with Crippen LogP contribution in [0, 0.1) is 11.6 Å². The predicted octanol–water partition coefficient (Wildman–Crippen LogP) is 4.80. The molecular formula is C29H29F2NO10S. The lowest BCUT2D eigenvalue weighted by molar-refractivity contribution is -0.141. The highest BCUT2D eigenvalue weighted by atomic mass is 32.1. The number of hydrogen-bond donors (Lipinski definition) is 2. The second-order valence-corrected chi connectivity index (χ2v) is 10.7. The molecule has 1 aliphatic rings. The molecule has 43 heavy (non-hydrogen) atoms.